The van der Waals surface area contributed by atoms with Crippen LogP contribution in [0, 0.1) is 11.8 Å². The van der Waals surface area contributed by atoms with Crippen molar-refractivity contribution in [1.82, 2.24) is 10.2 Å². The largest absolute Gasteiger partial charge is 0.493 e. The summed E-state index contributed by atoms with van der Waals surface area (Å²) in [6, 6.07) is 6.17. The number of hydrogen-bond donors (Lipinski definition) is 2. The lowest BCUT2D eigenvalue weighted by molar-refractivity contribution is -0.126. The number of methoxy groups -OCH3 is 2. The van der Waals surface area contributed by atoms with E-state index in [1.807, 2.05) is 18.2 Å². The number of carbonyl (C=O) groups is 1. The second kappa shape index (κ2) is 7.40. The minimum atomic E-state index is -0.146. The highest BCUT2D eigenvalue weighted by Gasteiger charge is 2.39. The summed E-state index contributed by atoms with van der Waals surface area (Å²) >= 11 is 0. The van der Waals surface area contributed by atoms with E-state index in [1.54, 1.807) is 14.2 Å². The molecule has 1 aliphatic heterocycles. The van der Waals surface area contributed by atoms with Crippen molar-refractivity contribution in [3.05, 3.63) is 23.8 Å². The average Bonchev–Trinajstić information content (AvgIpc) is 3.31. The molecule has 1 amide bonds. The van der Waals surface area contributed by atoms with E-state index in [2.05, 4.69) is 10.2 Å². The standard InChI is InChI=1S/C18H26N2O4/c1-23-16-5-3-4-12(17(16)24-2)8-20-9-13(11-21)15(10-20)18(22)19-14-6-7-14/h3-5,13-15,21H,6-11H2,1-2H3,(H,19,22)/t13-,15+/m0/s1. The molecule has 24 heavy (non-hydrogen) atoms. The number of nitrogens with zero attached hydrogens (tertiary/aromatic N) is 1. The van der Waals surface area contributed by atoms with Gasteiger partial charge >= 0.3 is 0 Å². The Bertz CT molecular complexity index is 588. The van der Waals surface area contributed by atoms with Crippen molar-refractivity contribution in [2.24, 2.45) is 11.8 Å². The number of amides is 1. The molecule has 0 unspecified atom stereocenters. The molecule has 1 aliphatic carbocycles. The van der Waals surface area contributed by atoms with Crippen LogP contribution in [0.1, 0.15) is 18.4 Å². The first kappa shape index (κ1) is 17.0. The van der Waals surface area contributed by atoms with Crippen LogP contribution >= 0.6 is 0 Å². The summed E-state index contributed by atoms with van der Waals surface area (Å²) in [7, 11) is 3.26. The van der Waals surface area contributed by atoms with Crippen LogP contribution in [0.15, 0.2) is 18.2 Å². The number of aliphatic hydroxyl groups is 1. The average molecular weight is 334 g/mol. The molecule has 2 atom stereocenters. The molecule has 2 aliphatic rings. The number of nitrogens with one attached hydrogen (secondary N) is 1. The number of ether oxygens (including phenoxy) is 2. The first-order chi connectivity index (χ1) is 11.7. The summed E-state index contributed by atoms with van der Waals surface area (Å²) < 4.78 is 10.8. The van der Waals surface area contributed by atoms with Gasteiger partial charge in [-0.3, -0.25) is 9.69 Å². The molecule has 1 saturated carbocycles. The van der Waals surface area contributed by atoms with E-state index in [1.165, 1.54) is 0 Å². The van der Waals surface area contributed by atoms with Crippen molar-refractivity contribution < 1.29 is 19.4 Å². The summed E-state index contributed by atoms with van der Waals surface area (Å²) in [5, 5.41) is 12.7. The molecular formula is C18H26N2O4. The number of hydrogen-bond acceptors (Lipinski definition) is 5. The van der Waals surface area contributed by atoms with Crippen LogP contribution in [0.5, 0.6) is 11.5 Å². The molecule has 3 rings (SSSR count). The SMILES string of the molecule is COc1cccc(CN2C[C@@H](CO)[C@H](C(=O)NC3CC3)C2)c1OC. The molecule has 132 valence electrons. The number of aliphatic hydroxyl groups excluding tert-OH is 1. The van der Waals surface area contributed by atoms with Crippen molar-refractivity contribution in [3.8, 4) is 11.5 Å². The Kier molecular flexibility index (Phi) is 5.26. The van der Waals surface area contributed by atoms with Crippen LogP contribution in [0.3, 0.4) is 0 Å². The fraction of sp³-hybridized carbons (Fsp3) is 0.611. The first-order valence-electron chi connectivity index (χ1n) is 8.49. The van der Waals surface area contributed by atoms with Gasteiger partial charge in [-0.15, -0.1) is 0 Å². The Hall–Kier alpha value is -1.79. The van der Waals surface area contributed by atoms with Gasteiger partial charge in [0.1, 0.15) is 0 Å². The van der Waals surface area contributed by atoms with Crippen LogP contribution in [0.4, 0.5) is 0 Å². The fourth-order valence-electron chi connectivity index (χ4n) is 3.43. The predicted molar refractivity (Wildman–Crippen MR) is 90.1 cm³/mol. The van der Waals surface area contributed by atoms with E-state index in [-0.39, 0.29) is 24.3 Å². The quantitative estimate of drug-likeness (QED) is 0.779. The molecule has 0 aromatic heterocycles. The first-order valence-corrected chi connectivity index (χ1v) is 8.49. The fourth-order valence-corrected chi connectivity index (χ4v) is 3.43. The van der Waals surface area contributed by atoms with E-state index in [0.29, 0.717) is 31.4 Å². The summed E-state index contributed by atoms with van der Waals surface area (Å²) in [6.07, 6.45) is 2.15. The number of carbonyl (C=O) groups excluding carboxylic acids is 1. The predicted octanol–water partition coefficient (Wildman–Crippen LogP) is 1.02. The Labute approximate surface area is 142 Å². The molecule has 0 radical (unpaired) electrons. The molecule has 1 aromatic rings. The van der Waals surface area contributed by atoms with E-state index >= 15 is 0 Å². The molecule has 0 bridgehead atoms. The van der Waals surface area contributed by atoms with Gasteiger partial charge in [-0.2, -0.15) is 0 Å². The van der Waals surface area contributed by atoms with Crippen molar-refractivity contribution in [2.75, 3.05) is 33.9 Å². The molecule has 2 fully saturated rings. The number of para-hydroxylation sites is 1. The van der Waals surface area contributed by atoms with Crippen LogP contribution in [-0.4, -0.2) is 55.9 Å². The monoisotopic (exact) mass is 334 g/mol. The highest BCUT2D eigenvalue weighted by Crippen LogP contribution is 2.33. The number of benzene rings is 1. The Morgan fingerprint density at radius 3 is 2.71 bits per heavy atom. The Morgan fingerprint density at radius 2 is 2.08 bits per heavy atom. The molecule has 0 spiro atoms. The second-order valence-corrected chi connectivity index (χ2v) is 6.68. The maximum atomic E-state index is 12.4. The van der Waals surface area contributed by atoms with Crippen LogP contribution in [0.2, 0.25) is 0 Å². The molecule has 1 heterocycles. The third-order valence-corrected chi connectivity index (χ3v) is 4.89. The molecule has 2 N–H and O–H groups in total. The van der Waals surface area contributed by atoms with E-state index in [0.717, 1.165) is 24.2 Å². The maximum Gasteiger partial charge on any atom is 0.225 e. The van der Waals surface area contributed by atoms with Gasteiger partial charge in [0.05, 0.1) is 20.1 Å². The Balaban J connectivity index is 1.68. The summed E-state index contributed by atoms with van der Waals surface area (Å²) in [5.74, 6) is 1.35. The molecule has 1 saturated heterocycles. The minimum Gasteiger partial charge on any atom is -0.493 e. The second-order valence-electron chi connectivity index (χ2n) is 6.68. The third kappa shape index (κ3) is 3.65. The van der Waals surface area contributed by atoms with Gasteiger partial charge < -0.3 is 19.9 Å². The summed E-state index contributed by atoms with van der Waals surface area (Å²) in [5.41, 5.74) is 1.02. The van der Waals surface area contributed by atoms with Crippen molar-refractivity contribution in [1.29, 1.82) is 0 Å². The zero-order valence-electron chi connectivity index (χ0n) is 14.3. The topological polar surface area (TPSA) is 71.0 Å². The molecule has 6 heteroatoms. The van der Waals surface area contributed by atoms with Gasteiger partial charge in [-0.25, -0.2) is 0 Å². The van der Waals surface area contributed by atoms with Crippen molar-refractivity contribution in [2.45, 2.75) is 25.4 Å². The van der Waals surface area contributed by atoms with Gasteiger partial charge in [-0.05, 0) is 18.9 Å². The maximum absolute atomic E-state index is 12.4. The molecular weight excluding hydrogens is 308 g/mol. The smallest absolute Gasteiger partial charge is 0.225 e. The van der Waals surface area contributed by atoms with Crippen molar-refractivity contribution >= 4 is 5.91 Å². The highest BCUT2D eigenvalue weighted by molar-refractivity contribution is 5.80. The lowest BCUT2D eigenvalue weighted by Crippen LogP contribution is -2.37. The van der Waals surface area contributed by atoms with Gasteiger partial charge in [0.2, 0.25) is 5.91 Å². The lowest BCUT2D eigenvalue weighted by atomic mass is 9.96. The van der Waals surface area contributed by atoms with Gasteiger partial charge in [0, 0.05) is 43.8 Å². The van der Waals surface area contributed by atoms with Crippen LogP contribution < -0.4 is 14.8 Å². The number of likely N-dealkylation sites (tertiary alicyclic amines) is 1. The summed E-state index contributed by atoms with van der Waals surface area (Å²) in [6.45, 7) is 2.07. The number of rotatable bonds is 7. The molecule has 1 aromatic carbocycles. The van der Waals surface area contributed by atoms with E-state index < -0.39 is 0 Å². The van der Waals surface area contributed by atoms with E-state index in [9.17, 15) is 9.90 Å². The van der Waals surface area contributed by atoms with Crippen LogP contribution in [0.25, 0.3) is 0 Å². The van der Waals surface area contributed by atoms with Gasteiger partial charge in [0.15, 0.2) is 11.5 Å². The Morgan fingerprint density at radius 1 is 1.29 bits per heavy atom. The van der Waals surface area contributed by atoms with Crippen LogP contribution in [-0.2, 0) is 11.3 Å². The highest BCUT2D eigenvalue weighted by atomic mass is 16.5. The van der Waals surface area contributed by atoms with E-state index in [4.69, 9.17) is 9.47 Å². The van der Waals surface area contributed by atoms with Gasteiger partial charge in [-0.1, -0.05) is 12.1 Å². The zero-order chi connectivity index (χ0) is 17.1. The lowest BCUT2D eigenvalue weighted by Gasteiger charge is -2.19. The summed E-state index contributed by atoms with van der Waals surface area (Å²) in [4.78, 5) is 14.6. The zero-order valence-corrected chi connectivity index (χ0v) is 14.3. The van der Waals surface area contributed by atoms with Gasteiger partial charge in [0.25, 0.3) is 0 Å². The van der Waals surface area contributed by atoms with Crippen molar-refractivity contribution in [3.63, 3.8) is 0 Å². The molecule has 6 nitrogen and oxygen atoms in total. The minimum absolute atomic E-state index is 0.0136. The normalized spacial score (nSPS) is 24.0. The third-order valence-electron chi connectivity index (χ3n) is 4.89.